The van der Waals surface area contributed by atoms with Crippen LogP contribution >= 0.6 is 11.3 Å². The number of aromatic nitrogens is 1. The van der Waals surface area contributed by atoms with Gasteiger partial charge in [-0.1, -0.05) is 26.8 Å². The van der Waals surface area contributed by atoms with Crippen LogP contribution in [0.25, 0.3) is 0 Å². The van der Waals surface area contributed by atoms with Crippen molar-refractivity contribution in [2.45, 2.75) is 38.8 Å². The molecule has 1 aliphatic heterocycles. The highest BCUT2D eigenvalue weighted by molar-refractivity contribution is 7.10. The Morgan fingerprint density at radius 1 is 1.50 bits per heavy atom. The zero-order valence-corrected chi connectivity index (χ0v) is 13.9. The first kappa shape index (κ1) is 15.2. The summed E-state index contributed by atoms with van der Waals surface area (Å²) >= 11 is 1.60. The molecule has 0 aromatic carbocycles. The van der Waals surface area contributed by atoms with Gasteiger partial charge < -0.3 is 9.73 Å². The van der Waals surface area contributed by atoms with Gasteiger partial charge in [-0.25, -0.2) is 4.98 Å². The molecule has 1 saturated heterocycles. The van der Waals surface area contributed by atoms with Crippen LogP contribution in [-0.4, -0.2) is 28.9 Å². The molecule has 1 fully saturated rings. The molecule has 118 valence electrons. The fraction of sp³-hybridized carbons (Fsp3) is 0.500. The van der Waals surface area contributed by atoms with E-state index in [-0.39, 0.29) is 17.4 Å². The predicted octanol–water partition coefficient (Wildman–Crippen LogP) is 2.71. The van der Waals surface area contributed by atoms with Crippen molar-refractivity contribution in [3.8, 4) is 0 Å². The summed E-state index contributed by atoms with van der Waals surface area (Å²) in [5.41, 5.74) is -0.0579. The molecule has 22 heavy (non-hydrogen) atoms. The van der Waals surface area contributed by atoms with Crippen molar-refractivity contribution >= 4 is 17.2 Å². The average molecular weight is 319 g/mol. The van der Waals surface area contributed by atoms with Gasteiger partial charge in [0.05, 0.1) is 12.7 Å². The van der Waals surface area contributed by atoms with E-state index >= 15 is 0 Å². The molecule has 1 N–H and O–H groups in total. The molecule has 6 heteroatoms. The van der Waals surface area contributed by atoms with Gasteiger partial charge in [0.15, 0.2) is 0 Å². The third kappa shape index (κ3) is 3.08. The molecule has 1 aliphatic rings. The van der Waals surface area contributed by atoms with Crippen LogP contribution in [0.3, 0.4) is 0 Å². The largest absolute Gasteiger partial charge is 0.444 e. The molecule has 0 radical (unpaired) electrons. The topological polar surface area (TPSA) is 58.4 Å². The van der Waals surface area contributed by atoms with Gasteiger partial charge in [0, 0.05) is 23.4 Å². The Morgan fingerprint density at radius 2 is 2.32 bits per heavy atom. The summed E-state index contributed by atoms with van der Waals surface area (Å²) in [5.74, 6) is 1.59. The predicted molar refractivity (Wildman–Crippen MR) is 85.7 cm³/mol. The molecular formula is C16H21N3O2S. The minimum Gasteiger partial charge on any atom is -0.444 e. The zero-order chi connectivity index (χ0) is 15.7. The number of carbonyl (C=O) groups excluding carboxylic acids is 1. The molecule has 0 aliphatic carbocycles. The van der Waals surface area contributed by atoms with Gasteiger partial charge in [0.1, 0.15) is 11.8 Å². The number of hydrogen-bond acceptors (Lipinski definition) is 5. The third-order valence-corrected chi connectivity index (χ3v) is 4.68. The van der Waals surface area contributed by atoms with Gasteiger partial charge in [-0.3, -0.25) is 9.69 Å². The summed E-state index contributed by atoms with van der Waals surface area (Å²) in [6.07, 6.45) is 1.79. The van der Waals surface area contributed by atoms with Crippen molar-refractivity contribution in [3.63, 3.8) is 0 Å². The lowest BCUT2D eigenvalue weighted by atomic mass is 9.94. The monoisotopic (exact) mass is 319 g/mol. The fourth-order valence-electron chi connectivity index (χ4n) is 2.54. The number of nitrogens with one attached hydrogen (secondary N) is 1. The molecule has 1 atom stereocenters. The van der Waals surface area contributed by atoms with E-state index in [4.69, 9.17) is 4.42 Å². The summed E-state index contributed by atoms with van der Waals surface area (Å²) in [4.78, 5) is 19.8. The van der Waals surface area contributed by atoms with E-state index in [0.29, 0.717) is 19.0 Å². The van der Waals surface area contributed by atoms with Gasteiger partial charge >= 0.3 is 0 Å². The number of carbonyl (C=O) groups is 1. The van der Waals surface area contributed by atoms with Crippen molar-refractivity contribution in [2.75, 3.05) is 13.1 Å². The molecule has 2 aromatic rings. The second kappa shape index (κ2) is 5.85. The summed E-state index contributed by atoms with van der Waals surface area (Å²) in [6, 6.07) is 3.73. The van der Waals surface area contributed by atoms with Gasteiger partial charge in [0.2, 0.25) is 11.8 Å². The standard InChI is InChI=1S/C16H21N3O2S/c1-16(2,3)12-9-18-13(21-12)10-19-7-6-17-15(20)14(19)11-5-4-8-22-11/h4-5,8-9,14H,6-7,10H2,1-3H3,(H,17,20). The molecular weight excluding hydrogens is 298 g/mol. The van der Waals surface area contributed by atoms with Crippen LogP contribution in [0.4, 0.5) is 0 Å². The Bertz CT molecular complexity index is 643. The smallest absolute Gasteiger partial charge is 0.242 e. The second-order valence-electron chi connectivity index (χ2n) is 6.55. The Labute approximate surface area is 134 Å². The molecule has 3 rings (SSSR count). The van der Waals surface area contributed by atoms with Crippen LogP contribution in [0.15, 0.2) is 28.1 Å². The summed E-state index contributed by atoms with van der Waals surface area (Å²) in [6.45, 7) is 8.29. The minimum atomic E-state index is -0.251. The maximum Gasteiger partial charge on any atom is 0.242 e. The first-order valence-electron chi connectivity index (χ1n) is 7.45. The lowest BCUT2D eigenvalue weighted by molar-refractivity contribution is -0.129. The lowest BCUT2D eigenvalue weighted by Crippen LogP contribution is -2.49. The highest BCUT2D eigenvalue weighted by Crippen LogP contribution is 2.29. The Kier molecular flexibility index (Phi) is 4.06. The normalized spacial score (nSPS) is 20.1. The Hall–Kier alpha value is -1.66. The number of rotatable bonds is 3. The highest BCUT2D eigenvalue weighted by Gasteiger charge is 2.33. The van der Waals surface area contributed by atoms with E-state index in [1.807, 2.05) is 17.5 Å². The molecule has 0 spiro atoms. The third-order valence-electron chi connectivity index (χ3n) is 3.76. The van der Waals surface area contributed by atoms with E-state index in [9.17, 15) is 4.79 Å². The van der Waals surface area contributed by atoms with Crippen molar-refractivity contribution in [3.05, 3.63) is 40.2 Å². The summed E-state index contributed by atoms with van der Waals surface area (Å²) in [7, 11) is 0. The van der Waals surface area contributed by atoms with E-state index in [1.165, 1.54) is 0 Å². The van der Waals surface area contributed by atoms with E-state index in [0.717, 1.165) is 17.2 Å². The summed E-state index contributed by atoms with van der Waals surface area (Å²) < 4.78 is 5.87. The van der Waals surface area contributed by atoms with Crippen LogP contribution in [0, 0.1) is 0 Å². The van der Waals surface area contributed by atoms with E-state index in [1.54, 1.807) is 17.5 Å². The Morgan fingerprint density at radius 3 is 2.95 bits per heavy atom. The molecule has 0 saturated carbocycles. The fourth-order valence-corrected chi connectivity index (χ4v) is 3.40. The van der Waals surface area contributed by atoms with Crippen LogP contribution in [-0.2, 0) is 16.8 Å². The summed E-state index contributed by atoms with van der Waals surface area (Å²) in [5, 5.41) is 4.94. The molecule has 5 nitrogen and oxygen atoms in total. The van der Waals surface area contributed by atoms with E-state index < -0.39 is 0 Å². The van der Waals surface area contributed by atoms with Crippen LogP contribution < -0.4 is 5.32 Å². The first-order valence-corrected chi connectivity index (χ1v) is 8.33. The van der Waals surface area contributed by atoms with Crippen molar-refractivity contribution < 1.29 is 9.21 Å². The quantitative estimate of drug-likeness (QED) is 0.945. The number of oxazole rings is 1. The average Bonchev–Trinajstić information content (AvgIpc) is 3.09. The van der Waals surface area contributed by atoms with Gasteiger partial charge in [-0.15, -0.1) is 11.3 Å². The molecule has 1 amide bonds. The molecule has 1 unspecified atom stereocenters. The Balaban J connectivity index is 1.80. The van der Waals surface area contributed by atoms with Crippen molar-refractivity contribution in [1.82, 2.24) is 15.2 Å². The van der Waals surface area contributed by atoms with Crippen LogP contribution in [0.2, 0.25) is 0 Å². The number of hydrogen-bond donors (Lipinski definition) is 1. The zero-order valence-electron chi connectivity index (χ0n) is 13.1. The SMILES string of the molecule is CC(C)(C)c1cnc(CN2CCNC(=O)C2c2cccs2)o1. The van der Waals surface area contributed by atoms with Gasteiger partial charge in [-0.05, 0) is 11.4 Å². The maximum absolute atomic E-state index is 12.3. The first-order chi connectivity index (χ1) is 10.4. The van der Waals surface area contributed by atoms with Crippen molar-refractivity contribution in [1.29, 1.82) is 0 Å². The molecule has 3 heterocycles. The molecule has 2 aromatic heterocycles. The molecule has 0 bridgehead atoms. The van der Waals surface area contributed by atoms with Crippen LogP contribution in [0.1, 0.15) is 43.3 Å². The number of piperazine rings is 1. The van der Waals surface area contributed by atoms with Crippen LogP contribution in [0.5, 0.6) is 0 Å². The van der Waals surface area contributed by atoms with Crippen molar-refractivity contribution in [2.24, 2.45) is 0 Å². The van der Waals surface area contributed by atoms with E-state index in [2.05, 4.69) is 36.0 Å². The maximum atomic E-state index is 12.3. The second-order valence-corrected chi connectivity index (χ2v) is 7.53. The highest BCUT2D eigenvalue weighted by atomic mass is 32.1. The number of thiophene rings is 1. The minimum absolute atomic E-state index is 0.0521. The van der Waals surface area contributed by atoms with Gasteiger partial charge in [-0.2, -0.15) is 0 Å². The van der Waals surface area contributed by atoms with Gasteiger partial charge in [0.25, 0.3) is 0 Å². The number of nitrogens with zero attached hydrogens (tertiary/aromatic N) is 2. The lowest BCUT2D eigenvalue weighted by Gasteiger charge is -2.33. The number of amides is 1.